The molecule has 0 bridgehead atoms. The van der Waals surface area contributed by atoms with Crippen molar-refractivity contribution in [2.24, 2.45) is 0 Å². The van der Waals surface area contributed by atoms with Gasteiger partial charge in [-0.1, -0.05) is 23.2 Å². The van der Waals surface area contributed by atoms with Crippen molar-refractivity contribution in [1.82, 2.24) is 4.31 Å². The molecule has 0 saturated carbocycles. The SMILES string of the molecule is COc1ccc(N2CCN(S(=O)(=O)c3cc(Cl)cc(Cl)c3O)CC2)cc1. The molecule has 0 unspecified atom stereocenters. The van der Waals surface area contributed by atoms with Gasteiger partial charge in [0.1, 0.15) is 10.6 Å². The van der Waals surface area contributed by atoms with Crippen LogP contribution >= 0.6 is 23.2 Å². The first kappa shape index (κ1) is 19.1. The number of hydrogen-bond donors (Lipinski definition) is 1. The van der Waals surface area contributed by atoms with Gasteiger partial charge in [-0.05, 0) is 36.4 Å². The molecule has 0 atom stereocenters. The van der Waals surface area contributed by atoms with Gasteiger partial charge in [-0.3, -0.25) is 0 Å². The van der Waals surface area contributed by atoms with Gasteiger partial charge in [-0.2, -0.15) is 4.31 Å². The first-order chi connectivity index (χ1) is 12.3. The second kappa shape index (κ2) is 7.52. The van der Waals surface area contributed by atoms with Crippen LogP contribution in [0, 0.1) is 0 Å². The molecule has 2 aromatic rings. The molecule has 26 heavy (non-hydrogen) atoms. The number of methoxy groups -OCH3 is 1. The predicted octanol–water partition coefficient (Wildman–Crippen LogP) is 3.22. The summed E-state index contributed by atoms with van der Waals surface area (Å²) >= 11 is 11.8. The van der Waals surface area contributed by atoms with Crippen molar-refractivity contribution < 1.29 is 18.3 Å². The monoisotopic (exact) mass is 416 g/mol. The van der Waals surface area contributed by atoms with Crippen molar-refractivity contribution in [2.45, 2.75) is 4.90 Å². The molecule has 0 amide bonds. The highest BCUT2D eigenvalue weighted by Crippen LogP contribution is 2.36. The maximum Gasteiger partial charge on any atom is 0.246 e. The minimum atomic E-state index is -3.89. The first-order valence-corrected chi connectivity index (χ1v) is 10.1. The lowest BCUT2D eigenvalue weighted by Crippen LogP contribution is -2.48. The number of phenolic OH excluding ortho intramolecular Hbond substituents is 1. The van der Waals surface area contributed by atoms with E-state index in [2.05, 4.69) is 4.90 Å². The zero-order valence-corrected chi connectivity index (χ0v) is 16.4. The van der Waals surface area contributed by atoms with Gasteiger partial charge in [0.2, 0.25) is 10.0 Å². The van der Waals surface area contributed by atoms with E-state index in [1.54, 1.807) is 7.11 Å². The molecule has 0 spiro atoms. The Labute approximate surface area is 162 Å². The molecule has 6 nitrogen and oxygen atoms in total. The van der Waals surface area contributed by atoms with Gasteiger partial charge < -0.3 is 14.7 Å². The second-order valence-corrected chi connectivity index (χ2v) is 8.57. The average molecular weight is 417 g/mol. The topological polar surface area (TPSA) is 70.1 Å². The summed E-state index contributed by atoms with van der Waals surface area (Å²) in [7, 11) is -2.28. The van der Waals surface area contributed by atoms with Gasteiger partial charge in [-0.25, -0.2) is 8.42 Å². The fourth-order valence-electron chi connectivity index (χ4n) is 2.86. The Hall–Kier alpha value is -1.67. The molecule has 2 aromatic carbocycles. The summed E-state index contributed by atoms with van der Waals surface area (Å²) in [5, 5.41) is 10.1. The number of nitrogens with zero attached hydrogens (tertiary/aromatic N) is 2. The molecule has 140 valence electrons. The molecule has 1 aliphatic rings. The Morgan fingerprint density at radius 2 is 1.65 bits per heavy atom. The number of ether oxygens (including phenoxy) is 1. The van der Waals surface area contributed by atoms with Crippen LogP contribution in [-0.2, 0) is 10.0 Å². The molecule has 3 rings (SSSR count). The third-order valence-electron chi connectivity index (χ3n) is 4.29. The lowest BCUT2D eigenvalue weighted by Gasteiger charge is -2.35. The third-order valence-corrected chi connectivity index (χ3v) is 6.71. The van der Waals surface area contributed by atoms with E-state index in [1.807, 2.05) is 24.3 Å². The van der Waals surface area contributed by atoms with Crippen LogP contribution in [0.25, 0.3) is 0 Å². The Bertz CT molecular complexity index is 896. The highest BCUT2D eigenvalue weighted by atomic mass is 35.5. The van der Waals surface area contributed by atoms with E-state index >= 15 is 0 Å². The number of benzene rings is 2. The quantitative estimate of drug-likeness (QED) is 0.828. The van der Waals surface area contributed by atoms with Crippen molar-refractivity contribution in [1.29, 1.82) is 0 Å². The van der Waals surface area contributed by atoms with Crippen LogP contribution in [0.15, 0.2) is 41.3 Å². The summed E-state index contributed by atoms with van der Waals surface area (Å²) in [4.78, 5) is 1.82. The van der Waals surface area contributed by atoms with E-state index in [9.17, 15) is 13.5 Å². The zero-order chi connectivity index (χ0) is 18.9. The minimum absolute atomic E-state index is 0.0899. The molecule has 0 aliphatic carbocycles. The number of phenols is 1. The van der Waals surface area contributed by atoms with Crippen molar-refractivity contribution in [2.75, 3.05) is 38.2 Å². The number of anilines is 1. The Balaban J connectivity index is 1.76. The molecule has 9 heteroatoms. The summed E-state index contributed by atoms with van der Waals surface area (Å²) in [6.07, 6.45) is 0. The van der Waals surface area contributed by atoms with E-state index in [0.29, 0.717) is 13.1 Å². The number of halogens is 2. The van der Waals surface area contributed by atoms with Crippen LogP contribution in [0.5, 0.6) is 11.5 Å². The van der Waals surface area contributed by atoms with E-state index in [-0.39, 0.29) is 28.0 Å². The predicted molar refractivity (Wildman–Crippen MR) is 102 cm³/mol. The van der Waals surface area contributed by atoms with Crippen LogP contribution in [-0.4, -0.2) is 51.1 Å². The lowest BCUT2D eigenvalue weighted by molar-refractivity contribution is 0.380. The zero-order valence-electron chi connectivity index (χ0n) is 14.0. The van der Waals surface area contributed by atoms with Gasteiger partial charge in [0.15, 0.2) is 5.75 Å². The normalized spacial score (nSPS) is 15.9. The molecule has 1 heterocycles. The lowest BCUT2D eigenvalue weighted by atomic mass is 10.2. The molecule has 1 fully saturated rings. The van der Waals surface area contributed by atoms with E-state index in [1.165, 1.54) is 16.4 Å². The molecular weight excluding hydrogens is 399 g/mol. The number of hydrogen-bond acceptors (Lipinski definition) is 5. The Kier molecular flexibility index (Phi) is 5.53. The van der Waals surface area contributed by atoms with Crippen molar-refractivity contribution >= 4 is 38.9 Å². The van der Waals surface area contributed by atoms with Crippen molar-refractivity contribution in [3.8, 4) is 11.5 Å². The number of piperazine rings is 1. The van der Waals surface area contributed by atoms with Gasteiger partial charge in [-0.15, -0.1) is 0 Å². The van der Waals surface area contributed by atoms with E-state index in [0.717, 1.165) is 11.4 Å². The molecular formula is C17H18Cl2N2O4S. The number of aromatic hydroxyl groups is 1. The minimum Gasteiger partial charge on any atom is -0.505 e. The number of rotatable bonds is 4. The number of sulfonamides is 1. The fourth-order valence-corrected chi connectivity index (χ4v) is 5.02. The molecule has 0 aromatic heterocycles. The van der Waals surface area contributed by atoms with Gasteiger partial charge >= 0.3 is 0 Å². The van der Waals surface area contributed by atoms with Crippen molar-refractivity contribution in [3.63, 3.8) is 0 Å². The summed E-state index contributed by atoms with van der Waals surface area (Å²) in [5.74, 6) is 0.289. The smallest absolute Gasteiger partial charge is 0.246 e. The van der Waals surface area contributed by atoms with E-state index < -0.39 is 15.8 Å². The highest BCUT2D eigenvalue weighted by Gasteiger charge is 2.31. The van der Waals surface area contributed by atoms with Crippen LogP contribution in [0.1, 0.15) is 0 Å². The maximum atomic E-state index is 12.9. The van der Waals surface area contributed by atoms with E-state index in [4.69, 9.17) is 27.9 Å². The fraction of sp³-hybridized carbons (Fsp3) is 0.294. The van der Waals surface area contributed by atoms with Gasteiger partial charge in [0, 0.05) is 36.9 Å². The second-order valence-electron chi connectivity index (χ2n) is 5.82. The molecule has 0 radical (unpaired) electrons. The third kappa shape index (κ3) is 3.71. The van der Waals surface area contributed by atoms with Crippen LogP contribution < -0.4 is 9.64 Å². The van der Waals surface area contributed by atoms with Crippen LogP contribution in [0.3, 0.4) is 0 Å². The van der Waals surface area contributed by atoms with Gasteiger partial charge in [0.05, 0.1) is 12.1 Å². The largest absolute Gasteiger partial charge is 0.505 e. The molecule has 1 N–H and O–H groups in total. The summed E-state index contributed by atoms with van der Waals surface area (Å²) in [6, 6.07) is 10.1. The standard InChI is InChI=1S/C17H18Cl2N2O4S/c1-25-14-4-2-13(3-5-14)20-6-8-21(9-7-20)26(23,24)16-11-12(18)10-15(19)17(16)22/h2-5,10-11,22H,6-9H2,1H3. The Morgan fingerprint density at radius 3 is 2.23 bits per heavy atom. The summed E-state index contributed by atoms with van der Waals surface area (Å²) < 4.78 is 32.2. The first-order valence-electron chi connectivity index (χ1n) is 7.90. The highest BCUT2D eigenvalue weighted by molar-refractivity contribution is 7.89. The average Bonchev–Trinajstić information content (AvgIpc) is 2.64. The summed E-state index contributed by atoms with van der Waals surface area (Å²) in [5.41, 5.74) is 0.997. The van der Waals surface area contributed by atoms with Crippen molar-refractivity contribution in [3.05, 3.63) is 46.4 Å². The van der Waals surface area contributed by atoms with Crippen LogP contribution in [0.2, 0.25) is 10.0 Å². The Morgan fingerprint density at radius 1 is 1.04 bits per heavy atom. The summed E-state index contributed by atoms with van der Waals surface area (Å²) in [6.45, 7) is 1.64. The molecule has 1 aliphatic heterocycles. The maximum absolute atomic E-state index is 12.9. The van der Waals surface area contributed by atoms with Gasteiger partial charge in [0.25, 0.3) is 0 Å². The van der Waals surface area contributed by atoms with Crippen LogP contribution in [0.4, 0.5) is 5.69 Å². The molecule has 1 saturated heterocycles.